The fourth-order valence-electron chi connectivity index (χ4n) is 1.78. The lowest BCUT2D eigenvalue weighted by molar-refractivity contribution is -0.154. The van der Waals surface area contributed by atoms with E-state index < -0.39 is 29.6 Å². The van der Waals surface area contributed by atoms with Crippen LogP contribution >= 0.6 is 0 Å². The molecule has 0 fully saturated rings. The number of nitrogens with one attached hydrogen (secondary N) is 1. The van der Waals surface area contributed by atoms with Crippen molar-refractivity contribution in [2.45, 2.75) is 39.5 Å². The molecule has 0 heterocycles. The van der Waals surface area contributed by atoms with Gasteiger partial charge in [-0.1, -0.05) is 30.3 Å². The molecule has 0 radical (unpaired) electrons. The largest absolute Gasteiger partial charge is 0.481 e. The number of benzene rings is 1. The SMILES string of the molecule is C[C@H](NC(=O)OCc1ccccc1)C(O)C(C)(C)C(=O)O. The van der Waals surface area contributed by atoms with Gasteiger partial charge in [0.05, 0.1) is 17.6 Å². The first kappa shape index (κ1) is 17.0. The van der Waals surface area contributed by atoms with E-state index in [0.29, 0.717) is 0 Å². The molecule has 0 aromatic heterocycles. The van der Waals surface area contributed by atoms with Gasteiger partial charge in [0.2, 0.25) is 0 Å². The highest BCUT2D eigenvalue weighted by Gasteiger charge is 2.39. The van der Waals surface area contributed by atoms with Crippen molar-refractivity contribution in [3.8, 4) is 0 Å². The van der Waals surface area contributed by atoms with Crippen LogP contribution in [0.15, 0.2) is 30.3 Å². The number of aliphatic hydroxyl groups excluding tert-OH is 1. The van der Waals surface area contributed by atoms with Crippen molar-refractivity contribution < 1.29 is 24.5 Å². The first-order valence-corrected chi connectivity index (χ1v) is 6.64. The smallest absolute Gasteiger partial charge is 0.407 e. The van der Waals surface area contributed by atoms with E-state index in [1.54, 1.807) is 0 Å². The molecule has 0 saturated carbocycles. The molecule has 6 heteroatoms. The topological polar surface area (TPSA) is 95.9 Å². The van der Waals surface area contributed by atoms with Gasteiger partial charge in [-0.05, 0) is 26.3 Å². The van der Waals surface area contributed by atoms with Crippen LogP contribution in [-0.2, 0) is 16.1 Å². The van der Waals surface area contributed by atoms with Gasteiger partial charge in [0.15, 0.2) is 0 Å². The molecule has 1 aromatic carbocycles. The Morgan fingerprint density at radius 1 is 1.29 bits per heavy atom. The first-order valence-electron chi connectivity index (χ1n) is 6.64. The van der Waals surface area contributed by atoms with Crippen molar-refractivity contribution in [3.63, 3.8) is 0 Å². The number of carbonyl (C=O) groups excluding carboxylic acids is 1. The number of carboxylic acid groups (broad SMARTS) is 1. The predicted octanol–water partition coefficient (Wildman–Crippen LogP) is 1.77. The Hall–Kier alpha value is -2.08. The highest BCUT2D eigenvalue weighted by molar-refractivity contribution is 5.75. The van der Waals surface area contributed by atoms with Gasteiger partial charge in [-0.2, -0.15) is 0 Å². The number of ether oxygens (including phenoxy) is 1. The number of aliphatic hydroxyl groups is 1. The van der Waals surface area contributed by atoms with E-state index in [0.717, 1.165) is 5.56 Å². The lowest BCUT2D eigenvalue weighted by Gasteiger charge is -2.30. The normalized spacial score (nSPS) is 14.1. The van der Waals surface area contributed by atoms with Gasteiger partial charge in [-0.15, -0.1) is 0 Å². The molecule has 0 aliphatic heterocycles. The third-order valence-corrected chi connectivity index (χ3v) is 3.32. The highest BCUT2D eigenvalue weighted by atomic mass is 16.5. The van der Waals surface area contributed by atoms with Crippen molar-refractivity contribution in [1.29, 1.82) is 0 Å². The number of amides is 1. The van der Waals surface area contributed by atoms with E-state index in [4.69, 9.17) is 9.84 Å². The van der Waals surface area contributed by atoms with Crippen molar-refractivity contribution in [2.24, 2.45) is 5.41 Å². The molecule has 1 amide bonds. The number of rotatable bonds is 6. The third kappa shape index (κ3) is 4.75. The summed E-state index contributed by atoms with van der Waals surface area (Å²) in [4.78, 5) is 22.7. The Labute approximate surface area is 123 Å². The fourth-order valence-corrected chi connectivity index (χ4v) is 1.78. The molecular formula is C15H21NO5. The van der Waals surface area contributed by atoms with E-state index in [1.165, 1.54) is 20.8 Å². The maximum absolute atomic E-state index is 11.6. The van der Waals surface area contributed by atoms with Crippen LogP contribution in [0.2, 0.25) is 0 Å². The molecule has 1 aromatic rings. The molecule has 21 heavy (non-hydrogen) atoms. The number of alkyl carbamates (subject to hydrolysis) is 1. The molecule has 116 valence electrons. The predicted molar refractivity (Wildman–Crippen MR) is 76.6 cm³/mol. The lowest BCUT2D eigenvalue weighted by atomic mass is 9.83. The number of carboxylic acids is 1. The number of hydrogen-bond donors (Lipinski definition) is 3. The van der Waals surface area contributed by atoms with E-state index >= 15 is 0 Å². The Kier molecular flexibility index (Phi) is 5.72. The lowest BCUT2D eigenvalue weighted by Crippen LogP contribution is -2.50. The van der Waals surface area contributed by atoms with E-state index in [2.05, 4.69) is 5.32 Å². The van der Waals surface area contributed by atoms with Crippen LogP contribution in [0.1, 0.15) is 26.3 Å². The summed E-state index contributed by atoms with van der Waals surface area (Å²) in [6, 6.07) is 8.41. The van der Waals surface area contributed by atoms with Crippen LogP contribution in [0.4, 0.5) is 4.79 Å². The minimum Gasteiger partial charge on any atom is -0.481 e. The Morgan fingerprint density at radius 3 is 2.38 bits per heavy atom. The van der Waals surface area contributed by atoms with Gasteiger partial charge >= 0.3 is 12.1 Å². The Morgan fingerprint density at radius 2 is 1.86 bits per heavy atom. The number of aliphatic carboxylic acids is 1. The quantitative estimate of drug-likeness (QED) is 0.743. The van der Waals surface area contributed by atoms with Gasteiger partial charge in [0.25, 0.3) is 0 Å². The zero-order chi connectivity index (χ0) is 16.0. The van der Waals surface area contributed by atoms with E-state index in [1.807, 2.05) is 30.3 Å². The third-order valence-electron chi connectivity index (χ3n) is 3.32. The van der Waals surface area contributed by atoms with E-state index in [9.17, 15) is 14.7 Å². The summed E-state index contributed by atoms with van der Waals surface area (Å²) in [6.07, 6.45) is -1.94. The van der Waals surface area contributed by atoms with Gasteiger partial charge in [-0.25, -0.2) is 4.79 Å². The summed E-state index contributed by atoms with van der Waals surface area (Å²) in [6.45, 7) is 4.43. The highest BCUT2D eigenvalue weighted by Crippen LogP contribution is 2.23. The number of hydrogen-bond acceptors (Lipinski definition) is 4. The summed E-state index contributed by atoms with van der Waals surface area (Å²) in [7, 11) is 0. The van der Waals surface area contributed by atoms with Gasteiger partial charge in [0.1, 0.15) is 6.61 Å². The van der Waals surface area contributed by atoms with Crippen molar-refractivity contribution in [2.75, 3.05) is 0 Å². The van der Waals surface area contributed by atoms with E-state index in [-0.39, 0.29) is 6.61 Å². The fraction of sp³-hybridized carbons (Fsp3) is 0.467. The summed E-state index contributed by atoms with van der Waals surface area (Å²) >= 11 is 0. The number of carbonyl (C=O) groups is 2. The molecule has 6 nitrogen and oxygen atoms in total. The van der Waals surface area contributed by atoms with Crippen LogP contribution < -0.4 is 5.32 Å². The van der Waals surface area contributed by atoms with Crippen LogP contribution in [0, 0.1) is 5.41 Å². The zero-order valence-corrected chi connectivity index (χ0v) is 12.4. The second-order valence-electron chi connectivity index (χ2n) is 5.47. The summed E-state index contributed by atoms with van der Waals surface area (Å²) in [5.74, 6) is -1.14. The average Bonchev–Trinajstić information content (AvgIpc) is 2.45. The molecule has 1 unspecified atom stereocenters. The van der Waals surface area contributed by atoms with Crippen molar-refractivity contribution in [3.05, 3.63) is 35.9 Å². The molecular weight excluding hydrogens is 274 g/mol. The molecule has 0 saturated heterocycles. The van der Waals surface area contributed by atoms with Crippen molar-refractivity contribution >= 4 is 12.1 Å². The molecule has 0 aliphatic rings. The molecule has 0 aliphatic carbocycles. The maximum Gasteiger partial charge on any atom is 0.407 e. The minimum atomic E-state index is -1.37. The second-order valence-corrected chi connectivity index (χ2v) is 5.47. The molecule has 1 rings (SSSR count). The van der Waals surface area contributed by atoms with Crippen LogP contribution in [0.5, 0.6) is 0 Å². The average molecular weight is 295 g/mol. The van der Waals surface area contributed by atoms with Gasteiger partial charge in [0, 0.05) is 0 Å². The molecule has 3 N–H and O–H groups in total. The summed E-state index contributed by atoms with van der Waals surface area (Å²) in [5, 5.41) is 21.5. The Bertz CT molecular complexity index is 486. The standard InChI is InChI=1S/C15H21NO5/c1-10(12(17)15(2,3)13(18)19)16-14(20)21-9-11-7-5-4-6-8-11/h4-8,10,12,17H,9H2,1-3H3,(H,16,20)(H,18,19)/t10-,12?/m0/s1. The van der Waals surface area contributed by atoms with Crippen LogP contribution in [0.25, 0.3) is 0 Å². The second kappa shape index (κ2) is 7.08. The summed E-state index contributed by atoms with van der Waals surface area (Å²) < 4.78 is 5.01. The Balaban J connectivity index is 2.49. The van der Waals surface area contributed by atoms with Crippen LogP contribution in [-0.4, -0.2) is 34.4 Å². The van der Waals surface area contributed by atoms with Gasteiger partial charge < -0.3 is 20.3 Å². The monoisotopic (exact) mass is 295 g/mol. The first-order chi connectivity index (χ1) is 9.75. The van der Waals surface area contributed by atoms with Crippen LogP contribution in [0.3, 0.4) is 0 Å². The molecule has 2 atom stereocenters. The zero-order valence-electron chi connectivity index (χ0n) is 12.4. The minimum absolute atomic E-state index is 0.109. The molecule has 0 spiro atoms. The summed E-state index contributed by atoms with van der Waals surface area (Å²) in [5.41, 5.74) is -0.529. The van der Waals surface area contributed by atoms with Crippen molar-refractivity contribution in [1.82, 2.24) is 5.32 Å². The molecule has 0 bridgehead atoms. The maximum atomic E-state index is 11.6. The van der Waals surface area contributed by atoms with Gasteiger partial charge in [-0.3, -0.25) is 4.79 Å².